The Balaban J connectivity index is 1.94. The summed E-state index contributed by atoms with van der Waals surface area (Å²) in [6, 6.07) is 7.90. The fourth-order valence-electron chi connectivity index (χ4n) is 2.42. The number of hydrogen-bond donors (Lipinski definition) is 0. The van der Waals surface area contributed by atoms with E-state index in [1.54, 1.807) is 17.1 Å². The van der Waals surface area contributed by atoms with Crippen LogP contribution in [-0.4, -0.2) is 68.1 Å². The van der Waals surface area contributed by atoms with E-state index in [0.717, 1.165) is 11.1 Å². The molecule has 1 aliphatic heterocycles. The number of nitrogens with zero attached hydrogens (tertiary/aromatic N) is 3. The third-order valence-electron chi connectivity index (χ3n) is 3.80. The van der Waals surface area contributed by atoms with Crippen molar-refractivity contribution in [2.75, 3.05) is 40.3 Å². The molecular weight excluding hydrogens is 314 g/mol. The van der Waals surface area contributed by atoms with E-state index in [2.05, 4.69) is 0 Å². The van der Waals surface area contributed by atoms with Gasteiger partial charge in [-0.15, -0.1) is 0 Å². The van der Waals surface area contributed by atoms with Crippen LogP contribution in [0.15, 0.2) is 30.3 Å². The summed E-state index contributed by atoms with van der Waals surface area (Å²) in [7, 11) is -0.376. The second kappa shape index (κ2) is 7.25. The summed E-state index contributed by atoms with van der Waals surface area (Å²) in [6.45, 7) is 3.47. The first kappa shape index (κ1) is 17.7. The molecular formula is C16H23N3O3S. The lowest BCUT2D eigenvalue weighted by atomic mass is 10.1. The van der Waals surface area contributed by atoms with Gasteiger partial charge in [-0.1, -0.05) is 29.8 Å². The molecule has 1 saturated heterocycles. The lowest BCUT2D eigenvalue weighted by molar-refractivity contribution is -0.127. The monoisotopic (exact) mass is 337 g/mol. The summed E-state index contributed by atoms with van der Waals surface area (Å²) in [6.07, 6.45) is 3.34. The van der Waals surface area contributed by atoms with E-state index in [1.807, 2.05) is 31.2 Å². The molecule has 2 rings (SSSR count). The van der Waals surface area contributed by atoms with Crippen LogP contribution in [0.5, 0.6) is 0 Å². The zero-order valence-electron chi connectivity index (χ0n) is 13.8. The molecule has 1 aromatic rings. The molecule has 0 aromatic heterocycles. The van der Waals surface area contributed by atoms with Crippen molar-refractivity contribution < 1.29 is 13.2 Å². The molecule has 6 nitrogen and oxygen atoms in total. The molecule has 0 atom stereocenters. The molecule has 0 aliphatic carbocycles. The van der Waals surface area contributed by atoms with E-state index in [1.165, 1.54) is 22.7 Å². The number of amides is 1. The maximum absolute atomic E-state index is 12.2. The highest BCUT2D eigenvalue weighted by Crippen LogP contribution is 2.11. The summed E-state index contributed by atoms with van der Waals surface area (Å²) >= 11 is 0. The minimum Gasteiger partial charge on any atom is -0.337 e. The molecule has 1 aliphatic rings. The predicted octanol–water partition coefficient (Wildman–Crippen LogP) is 0.959. The average Bonchev–Trinajstić information content (AvgIpc) is 2.52. The maximum atomic E-state index is 12.2. The summed E-state index contributed by atoms with van der Waals surface area (Å²) in [4.78, 5) is 13.9. The molecule has 126 valence electrons. The van der Waals surface area contributed by atoms with Crippen LogP contribution in [0.3, 0.4) is 0 Å². The minimum absolute atomic E-state index is 0.0894. The van der Waals surface area contributed by atoms with Crippen LogP contribution in [0.1, 0.15) is 11.1 Å². The van der Waals surface area contributed by atoms with Crippen molar-refractivity contribution >= 4 is 22.2 Å². The van der Waals surface area contributed by atoms with Gasteiger partial charge in [0.15, 0.2) is 0 Å². The largest absolute Gasteiger partial charge is 0.337 e. The van der Waals surface area contributed by atoms with Crippen molar-refractivity contribution in [2.45, 2.75) is 6.92 Å². The summed E-state index contributed by atoms with van der Waals surface area (Å²) in [5.41, 5.74) is 2.12. The van der Waals surface area contributed by atoms with Crippen molar-refractivity contribution in [3.05, 3.63) is 41.5 Å². The van der Waals surface area contributed by atoms with E-state index >= 15 is 0 Å². The molecule has 1 aromatic carbocycles. The lowest BCUT2D eigenvalue weighted by Crippen LogP contribution is -2.52. The number of aryl methyl sites for hydroxylation is 1. The Morgan fingerprint density at radius 2 is 1.83 bits per heavy atom. The van der Waals surface area contributed by atoms with Gasteiger partial charge < -0.3 is 4.90 Å². The van der Waals surface area contributed by atoms with Gasteiger partial charge in [-0.25, -0.2) is 0 Å². The van der Waals surface area contributed by atoms with E-state index in [4.69, 9.17) is 0 Å². The molecule has 1 amide bonds. The maximum Gasteiger partial charge on any atom is 0.281 e. The molecule has 0 unspecified atom stereocenters. The van der Waals surface area contributed by atoms with Crippen LogP contribution < -0.4 is 0 Å². The Hall–Kier alpha value is -1.70. The van der Waals surface area contributed by atoms with Crippen LogP contribution in [0.4, 0.5) is 0 Å². The molecule has 0 radical (unpaired) electrons. The van der Waals surface area contributed by atoms with Gasteiger partial charge in [0.25, 0.3) is 10.2 Å². The normalized spacial score (nSPS) is 17.1. The number of benzene rings is 1. The fourth-order valence-corrected chi connectivity index (χ4v) is 3.50. The zero-order valence-corrected chi connectivity index (χ0v) is 14.6. The van der Waals surface area contributed by atoms with Gasteiger partial charge in [0, 0.05) is 46.4 Å². The first-order chi connectivity index (χ1) is 10.8. The van der Waals surface area contributed by atoms with Crippen molar-refractivity contribution in [2.24, 2.45) is 0 Å². The Kier molecular flexibility index (Phi) is 5.56. The van der Waals surface area contributed by atoms with Crippen LogP contribution in [0.25, 0.3) is 6.08 Å². The SMILES string of the molecule is Cc1cccc(/C=C/C(=O)N2CCN(S(=O)(=O)N(C)C)CC2)c1. The number of carbonyl (C=O) groups excluding carboxylic acids is 1. The van der Waals surface area contributed by atoms with E-state index < -0.39 is 10.2 Å². The van der Waals surface area contributed by atoms with Crippen molar-refractivity contribution in [3.8, 4) is 0 Å². The fraction of sp³-hybridized carbons (Fsp3) is 0.438. The first-order valence-corrected chi connectivity index (χ1v) is 8.91. The Bertz CT molecular complexity index is 690. The van der Waals surface area contributed by atoms with Gasteiger partial charge >= 0.3 is 0 Å². The van der Waals surface area contributed by atoms with Gasteiger partial charge in [0.1, 0.15) is 0 Å². The van der Waals surface area contributed by atoms with Gasteiger partial charge in [0.2, 0.25) is 5.91 Å². The lowest BCUT2D eigenvalue weighted by Gasteiger charge is -2.34. The van der Waals surface area contributed by atoms with Crippen LogP contribution in [0, 0.1) is 6.92 Å². The van der Waals surface area contributed by atoms with Gasteiger partial charge in [0.05, 0.1) is 0 Å². The van der Waals surface area contributed by atoms with Crippen molar-refractivity contribution in [3.63, 3.8) is 0 Å². The Morgan fingerprint density at radius 3 is 2.39 bits per heavy atom. The molecule has 0 N–H and O–H groups in total. The van der Waals surface area contributed by atoms with Crippen LogP contribution in [-0.2, 0) is 15.0 Å². The van der Waals surface area contributed by atoms with Gasteiger partial charge in [-0.3, -0.25) is 4.79 Å². The molecule has 0 saturated carbocycles. The number of piperazine rings is 1. The molecule has 1 heterocycles. The highest BCUT2D eigenvalue weighted by atomic mass is 32.2. The standard InChI is InChI=1S/C16H23N3O3S/c1-14-5-4-6-15(13-14)7-8-16(20)18-9-11-19(12-10-18)23(21,22)17(2)3/h4-8,13H,9-12H2,1-3H3/b8-7+. The topological polar surface area (TPSA) is 60.9 Å². The first-order valence-electron chi connectivity index (χ1n) is 7.52. The summed E-state index contributed by atoms with van der Waals surface area (Å²) in [5, 5.41) is 0. The van der Waals surface area contributed by atoms with Crippen LogP contribution in [0.2, 0.25) is 0 Å². The quantitative estimate of drug-likeness (QED) is 0.769. The highest BCUT2D eigenvalue weighted by Gasteiger charge is 2.29. The molecule has 7 heteroatoms. The molecule has 0 bridgehead atoms. The second-order valence-electron chi connectivity index (χ2n) is 5.76. The molecule has 1 fully saturated rings. The second-order valence-corrected chi connectivity index (χ2v) is 7.90. The molecule has 0 spiro atoms. The Labute approximate surface area is 138 Å². The van der Waals surface area contributed by atoms with Crippen molar-refractivity contribution in [1.82, 2.24) is 13.5 Å². The number of carbonyl (C=O) groups is 1. The number of hydrogen-bond acceptors (Lipinski definition) is 3. The van der Waals surface area contributed by atoms with Crippen molar-refractivity contribution in [1.29, 1.82) is 0 Å². The molecule has 23 heavy (non-hydrogen) atoms. The van der Waals surface area contributed by atoms with Gasteiger partial charge in [-0.2, -0.15) is 17.0 Å². The predicted molar refractivity (Wildman–Crippen MR) is 91.0 cm³/mol. The highest BCUT2D eigenvalue weighted by molar-refractivity contribution is 7.86. The smallest absolute Gasteiger partial charge is 0.281 e. The minimum atomic E-state index is -3.40. The van der Waals surface area contributed by atoms with E-state index in [-0.39, 0.29) is 5.91 Å². The third kappa shape index (κ3) is 4.40. The summed E-state index contributed by atoms with van der Waals surface area (Å²) < 4.78 is 26.7. The average molecular weight is 337 g/mol. The summed E-state index contributed by atoms with van der Waals surface area (Å²) in [5.74, 6) is -0.0894. The third-order valence-corrected chi connectivity index (χ3v) is 5.74. The zero-order chi connectivity index (χ0) is 17.0. The van der Waals surface area contributed by atoms with Crippen LogP contribution >= 0.6 is 0 Å². The van der Waals surface area contributed by atoms with E-state index in [9.17, 15) is 13.2 Å². The van der Waals surface area contributed by atoms with Gasteiger partial charge in [-0.05, 0) is 18.6 Å². The number of rotatable bonds is 4. The Morgan fingerprint density at radius 1 is 1.17 bits per heavy atom. The van der Waals surface area contributed by atoms with E-state index in [0.29, 0.717) is 26.2 Å².